The van der Waals surface area contributed by atoms with Crippen LogP contribution in [0.25, 0.3) is 0 Å². The summed E-state index contributed by atoms with van der Waals surface area (Å²) in [4.78, 5) is 13.5. The molecule has 0 aromatic heterocycles. The molecule has 0 bridgehead atoms. The Kier molecular flexibility index (Phi) is 4.54. The molecule has 2 N–H and O–H groups in total. The lowest BCUT2D eigenvalue weighted by atomic mass is 9.90. The van der Waals surface area contributed by atoms with Crippen LogP contribution < -0.4 is 5.73 Å². The molecule has 0 saturated heterocycles. The lowest BCUT2D eigenvalue weighted by Gasteiger charge is -2.35. The molecular formula is C11H22N2O2. The Bertz CT molecular complexity index is 213. The maximum absolute atomic E-state index is 11.4. The molecule has 0 aromatic rings. The van der Waals surface area contributed by atoms with E-state index in [1.54, 1.807) is 0 Å². The molecule has 0 heterocycles. The monoisotopic (exact) mass is 214 g/mol. The van der Waals surface area contributed by atoms with E-state index < -0.39 is 0 Å². The Hall–Kier alpha value is -0.610. The lowest BCUT2D eigenvalue weighted by Crippen LogP contribution is -2.46. The minimum Gasteiger partial charge on any atom is -0.468 e. The van der Waals surface area contributed by atoms with E-state index in [0.29, 0.717) is 12.1 Å². The van der Waals surface area contributed by atoms with Crippen LogP contribution in [0.1, 0.15) is 32.6 Å². The first-order chi connectivity index (χ1) is 7.06. The number of esters is 1. The zero-order chi connectivity index (χ0) is 11.4. The van der Waals surface area contributed by atoms with E-state index in [-0.39, 0.29) is 12.0 Å². The fraction of sp³-hybridized carbons (Fsp3) is 0.909. The Balaban J connectivity index is 2.45. The highest BCUT2D eigenvalue weighted by molar-refractivity contribution is 5.75. The van der Waals surface area contributed by atoms with Gasteiger partial charge in [0, 0.05) is 12.1 Å². The first kappa shape index (κ1) is 12.5. The minimum absolute atomic E-state index is 0.158. The van der Waals surface area contributed by atoms with Gasteiger partial charge in [0.2, 0.25) is 0 Å². The van der Waals surface area contributed by atoms with Crippen molar-refractivity contribution in [1.82, 2.24) is 4.90 Å². The average Bonchev–Trinajstić information content (AvgIpc) is 2.27. The minimum atomic E-state index is -0.160. The summed E-state index contributed by atoms with van der Waals surface area (Å²) in [7, 11) is 3.42. The summed E-state index contributed by atoms with van der Waals surface area (Å²) in [5.41, 5.74) is 5.85. The highest BCUT2D eigenvalue weighted by atomic mass is 16.5. The van der Waals surface area contributed by atoms with Crippen molar-refractivity contribution in [3.8, 4) is 0 Å². The van der Waals surface area contributed by atoms with E-state index in [9.17, 15) is 4.79 Å². The third-order valence-electron chi connectivity index (χ3n) is 3.47. The van der Waals surface area contributed by atoms with Gasteiger partial charge in [-0.15, -0.1) is 0 Å². The van der Waals surface area contributed by atoms with Gasteiger partial charge in [-0.1, -0.05) is 0 Å². The van der Waals surface area contributed by atoms with E-state index in [4.69, 9.17) is 10.5 Å². The molecule has 0 radical (unpaired) electrons. The Morgan fingerprint density at radius 2 is 1.93 bits per heavy atom. The van der Waals surface area contributed by atoms with Gasteiger partial charge < -0.3 is 10.5 Å². The predicted octanol–water partition coefficient (Wildman–Crippen LogP) is 0.750. The number of ether oxygens (including phenoxy) is 1. The van der Waals surface area contributed by atoms with Crippen molar-refractivity contribution in [3.63, 3.8) is 0 Å². The topological polar surface area (TPSA) is 55.6 Å². The molecule has 1 aliphatic carbocycles. The highest BCUT2D eigenvalue weighted by Gasteiger charge is 2.28. The van der Waals surface area contributed by atoms with Gasteiger partial charge in [-0.3, -0.25) is 9.69 Å². The summed E-state index contributed by atoms with van der Waals surface area (Å²) in [6.07, 6.45) is 4.28. The van der Waals surface area contributed by atoms with Gasteiger partial charge in [0.05, 0.1) is 7.11 Å². The fourth-order valence-electron chi connectivity index (χ4n) is 2.16. The maximum Gasteiger partial charge on any atom is 0.322 e. The lowest BCUT2D eigenvalue weighted by molar-refractivity contribution is -0.146. The van der Waals surface area contributed by atoms with E-state index in [2.05, 4.69) is 4.90 Å². The Morgan fingerprint density at radius 3 is 2.40 bits per heavy atom. The molecule has 0 amide bonds. The van der Waals surface area contributed by atoms with Crippen LogP contribution in [-0.4, -0.2) is 43.2 Å². The van der Waals surface area contributed by atoms with Gasteiger partial charge in [0.25, 0.3) is 0 Å². The van der Waals surface area contributed by atoms with Gasteiger partial charge in [-0.05, 0) is 39.7 Å². The highest BCUT2D eigenvalue weighted by Crippen LogP contribution is 2.22. The number of hydrogen-bond acceptors (Lipinski definition) is 4. The number of likely N-dealkylation sites (N-methyl/N-ethyl adjacent to an activating group) is 1. The van der Waals surface area contributed by atoms with E-state index >= 15 is 0 Å². The molecule has 0 spiro atoms. The first-order valence-corrected chi connectivity index (χ1v) is 5.61. The molecule has 1 aliphatic rings. The molecule has 88 valence electrons. The summed E-state index contributed by atoms with van der Waals surface area (Å²) >= 11 is 0. The van der Waals surface area contributed by atoms with Gasteiger partial charge >= 0.3 is 5.97 Å². The van der Waals surface area contributed by atoms with Crippen molar-refractivity contribution < 1.29 is 9.53 Å². The van der Waals surface area contributed by atoms with Crippen molar-refractivity contribution >= 4 is 5.97 Å². The van der Waals surface area contributed by atoms with Crippen LogP contribution in [0.3, 0.4) is 0 Å². The Morgan fingerprint density at radius 1 is 1.40 bits per heavy atom. The largest absolute Gasteiger partial charge is 0.468 e. The quantitative estimate of drug-likeness (QED) is 0.704. The fourth-order valence-corrected chi connectivity index (χ4v) is 2.16. The second-order valence-corrected chi connectivity index (χ2v) is 4.43. The average molecular weight is 214 g/mol. The SMILES string of the molecule is COC(=O)C(C)N(C)C1CCC(N)CC1. The van der Waals surface area contributed by atoms with Crippen molar-refractivity contribution in [2.75, 3.05) is 14.2 Å². The second kappa shape index (κ2) is 5.47. The molecule has 4 nitrogen and oxygen atoms in total. The zero-order valence-electron chi connectivity index (χ0n) is 9.90. The summed E-state index contributed by atoms with van der Waals surface area (Å²) in [5.74, 6) is -0.160. The molecule has 1 atom stereocenters. The van der Waals surface area contributed by atoms with Crippen LogP contribution >= 0.6 is 0 Å². The normalized spacial score (nSPS) is 28.9. The third-order valence-corrected chi connectivity index (χ3v) is 3.47. The zero-order valence-corrected chi connectivity index (χ0v) is 9.90. The number of carbonyl (C=O) groups excluding carboxylic acids is 1. The van der Waals surface area contributed by atoms with E-state index in [1.165, 1.54) is 7.11 Å². The van der Waals surface area contributed by atoms with E-state index in [1.807, 2.05) is 14.0 Å². The molecule has 1 fully saturated rings. The summed E-state index contributed by atoms with van der Waals surface area (Å²) < 4.78 is 4.74. The molecule has 15 heavy (non-hydrogen) atoms. The van der Waals surface area contributed by atoms with Crippen LogP contribution in [0.15, 0.2) is 0 Å². The summed E-state index contributed by atoms with van der Waals surface area (Å²) in [5, 5.41) is 0. The number of hydrogen-bond donors (Lipinski definition) is 1. The third kappa shape index (κ3) is 3.18. The molecular weight excluding hydrogens is 192 g/mol. The second-order valence-electron chi connectivity index (χ2n) is 4.43. The molecule has 0 aromatic carbocycles. The number of carbonyl (C=O) groups is 1. The van der Waals surface area contributed by atoms with Crippen molar-refractivity contribution in [2.45, 2.75) is 50.7 Å². The van der Waals surface area contributed by atoms with Crippen LogP contribution in [0, 0.1) is 0 Å². The molecule has 1 unspecified atom stereocenters. The molecule has 4 heteroatoms. The Labute approximate surface area is 91.8 Å². The maximum atomic E-state index is 11.4. The van der Waals surface area contributed by atoms with Crippen molar-refractivity contribution in [2.24, 2.45) is 5.73 Å². The van der Waals surface area contributed by atoms with Crippen LogP contribution in [0.4, 0.5) is 0 Å². The van der Waals surface area contributed by atoms with Gasteiger partial charge in [0.15, 0.2) is 0 Å². The van der Waals surface area contributed by atoms with Gasteiger partial charge in [-0.25, -0.2) is 0 Å². The predicted molar refractivity (Wildman–Crippen MR) is 59.5 cm³/mol. The summed E-state index contributed by atoms with van der Waals surface area (Å²) in [6.45, 7) is 1.89. The number of rotatable bonds is 3. The van der Waals surface area contributed by atoms with Crippen molar-refractivity contribution in [3.05, 3.63) is 0 Å². The first-order valence-electron chi connectivity index (χ1n) is 5.61. The number of nitrogens with zero attached hydrogens (tertiary/aromatic N) is 1. The molecule has 1 rings (SSSR count). The summed E-state index contributed by atoms with van der Waals surface area (Å²) in [6, 6.07) is 0.663. The van der Waals surface area contributed by atoms with Gasteiger partial charge in [0.1, 0.15) is 6.04 Å². The van der Waals surface area contributed by atoms with E-state index in [0.717, 1.165) is 25.7 Å². The van der Waals surface area contributed by atoms with Crippen molar-refractivity contribution in [1.29, 1.82) is 0 Å². The van der Waals surface area contributed by atoms with Crippen LogP contribution in [0.2, 0.25) is 0 Å². The van der Waals surface area contributed by atoms with Crippen LogP contribution in [-0.2, 0) is 9.53 Å². The molecule has 1 saturated carbocycles. The molecule has 0 aliphatic heterocycles. The number of methoxy groups -OCH3 is 1. The number of nitrogens with two attached hydrogens (primary N) is 1. The standard InChI is InChI=1S/C11H22N2O2/c1-8(11(14)15-3)13(2)10-6-4-9(12)5-7-10/h8-10H,4-7,12H2,1-3H3. The van der Waals surface area contributed by atoms with Gasteiger partial charge in [-0.2, -0.15) is 0 Å². The van der Waals surface area contributed by atoms with Crippen LogP contribution in [0.5, 0.6) is 0 Å². The smallest absolute Gasteiger partial charge is 0.322 e.